The second-order valence-electron chi connectivity index (χ2n) is 7.86. The van der Waals surface area contributed by atoms with Crippen molar-refractivity contribution in [3.8, 4) is 23.0 Å². The van der Waals surface area contributed by atoms with Crippen molar-refractivity contribution in [2.75, 3.05) is 0 Å². The van der Waals surface area contributed by atoms with E-state index in [2.05, 4.69) is 19.6 Å². The number of hydrogen-bond acceptors (Lipinski definition) is 6. The van der Waals surface area contributed by atoms with E-state index >= 15 is 0 Å². The van der Waals surface area contributed by atoms with Gasteiger partial charge in [0, 0.05) is 11.2 Å². The number of benzene rings is 2. The molecule has 6 rings (SSSR count). The molecule has 0 saturated carbocycles. The molecule has 1 atom stereocenters. The average molecular weight is 439 g/mol. The maximum atomic E-state index is 13.6. The van der Waals surface area contributed by atoms with Gasteiger partial charge in [-0.3, -0.25) is 4.79 Å². The van der Waals surface area contributed by atoms with Gasteiger partial charge in [-0.25, -0.2) is 0 Å². The highest BCUT2D eigenvalue weighted by molar-refractivity contribution is 5.83. The Hall–Kier alpha value is -3.95. The van der Waals surface area contributed by atoms with Gasteiger partial charge in [-0.2, -0.15) is 4.98 Å². The molecule has 32 heavy (non-hydrogen) atoms. The number of carboxylic acids is 1. The molecule has 4 aromatic rings. The maximum absolute atomic E-state index is 13.6. The Morgan fingerprint density at radius 2 is 2.00 bits per heavy atom. The molecule has 0 bridgehead atoms. The number of aliphatic carboxylic acids is 1. The molecule has 0 fully saturated rings. The van der Waals surface area contributed by atoms with Gasteiger partial charge in [0.2, 0.25) is 0 Å². The SMILES string of the molecule is O=C(O)CC1(c2noc(-c3cccc4c3OC(F)(F)O4)n2)CCc2cc3ccccc3n21. The Bertz CT molecular complexity index is 1400. The van der Waals surface area contributed by atoms with Gasteiger partial charge in [0.25, 0.3) is 5.89 Å². The van der Waals surface area contributed by atoms with Crippen molar-refractivity contribution >= 4 is 16.9 Å². The van der Waals surface area contributed by atoms with E-state index in [1.54, 1.807) is 0 Å². The summed E-state index contributed by atoms with van der Waals surface area (Å²) in [5.74, 6) is -1.27. The Labute approximate surface area is 179 Å². The number of carboxylic acid groups (broad SMARTS) is 1. The first-order valence-corrected chi connectivity index (χ1v) is 9.91. The zero-order valence-electron chi connectivity index (χ0n) is 16.4. The lowest BCUT2D eigenvalue weighted by Gasteiger charge is -2.27. The number of fused-ring (bicyclic) bond motifs is 4. The predicted molar refractivity (Wildman–Crippen MR) is 106 cm³/mol. The van der Waals surface area contributed by atoms with Gasteiger partial charge in [-0.1, -0.05) is 29.4 Å². The molecule has 2 aromatic heterocycles. The highest BCUT2D eigenvalue weighted by Crippen LogP contribution is 2.48. The highest BCUT2D eigenvalue weighted by Gasteiger charge is 2.48. The van der Waals surface area contributed by atoms with Crippen LogP contribution in [0.15, 0.2) is 53.1 Å². The topological polar surface area (TPSA) is 99.6 Å². The van der Waals surface area contributed by atoms with E-state index in [4.69, 9.17) is 4.52 Å². The molecular weight excluding hydrogens is 424 g/mol. The van der Waals surface area contributed by atoms with Gasteiger partial charge in [-0.15, -0.1) is 8.78 Å². The third-order valence-corrected chi connectivity index (χ3v) is 5.95. The fourth-order valence-electron chi connectivity index (χ4n) is 4.72. The van der Waals surface area contributed by atoms with Crippen LogP contribution in [0, 0.1) is 0 Å². The van der Waals surface area contributed by atoms with Crippen molar-refractivity contribution in [3.63, 3.8) is 0 Å². The van der Waals surface area contributed by atoms with E-state index in [-0.39, 0.29) is 35.2 Å². The molecule has 2 aliphatic rings. The van der Waals surface area contributed by atoms with Crippen LogP contribution in [0.3, 0.4) is 0 Å². The number of alkyl halides is 2. The molecule has 1 unspecified atom stereocenters. The first kappa shape index (κ1) is 18.8. The van der Waals surface area contributed by atoms with Crippen molar-refractivity contribution in [3.05, 3.63) is 60.0 Å². The largest absolute Gasteiger partial charge is 0.586 e. The minimum absolute atomic E-state index is 0.0622. The van der Waals surface area contributed by atoms with Gasteiger partial charge in [0.15, 0.2) is 17.3 Å². The quantitative estimate of drug-likeness (QED) is 0.509. The summed E-state index contributed by atoms with van der Waals surface area (Å²) in [5.41, 5.74) is 0.894. The summed E-state index contributed by atoms with van der Waals surface area (Å²) in [5, 5.41) is 14.8. The predicted octanol–water partition coefficient (Wildman–Crippen LogP) is 4.18. The number of aryl methyl sites for hydroxylation is 1. The first-order valence-electron chi connectivity index (χ1n) is 9.91. The molecule has 10 heteroatoms. The lowest BCUT2D eigenvalue weighted by Crippen LogP contribution is -2.35. The monoisotopic (exact) mass is 439 g/mol. The van der Waals surface area contributed by atoms with Crippen molar-refractivity contribution in [2.24, 2.45) is 0 Å². The van der Waals surface area contributed by atoms with Crippen LogP contribution < -0.4 is 9.47 Å². The van der Waals surface area contributed by atoms with Crippen LogP contribution in [0.5, 0.6) is 11.5 Å². The molecule has 0 radical (unpaired) electrons. The van der Waals surface area contributed by atoms with Crippen LogP contribution in [0.1, 0.15) is 24.4 Å². The summed E-state index contributed by atoms with van der Waals surface area (Å²) >= 11 is 0. The molecule has 0 aliphatic carbocycles. The summed E-state index contributed by atoms with van der Waals surface area (Å²) in [6.07, 6.45) is -2.96. The van der Waals surface area contributed by atoms with E-state index in [1.807, 2.05) is 34.9 Å². The fourth-order valence-corrected chi connectivity index (χ4v) is 4.72. The minimum Gasteiger partial charge on any atom is -0.481 e. The molecule has 8 nitrogen and oxygen atoms in total. The Morgan fingerprint density at radius 3 is 2.84 bits per heavy atom. The number of para-hydroxylation sites is 2. The van der Waals surface area contributed by atoms with Crippen LogP contribution in [0.4, 0.5) is 8.78 Å². The third-order valence-electron chi connectivity index (χ3n) is 5.95. The third kappa shape index (κ3) is 2.62. The van der Waals surface area contributed by atoms with Crippen LogP contribution in [0.25, 0.3) is 22.4 Å². The van der Waals surface area contributed by atoms with Crippen LogP contribution in [-0.2, 0) is 16.8 Å². The molecule has 4 heterocycles. The highest BCUT2D eigenvalue weighted by atomic mass is 19.3. The van der Waals surface area contributed by atoms with Gasteiger partial charge < -0.3 is 23.7 Å². The van der Waals surface area contributed by atoms with E-state index in [0.29, 0.717) is 12.8 Å². The molecule has 0 amide bonds. The van der Waals surface area contributed by atoms with E-state index in [1.165, 1.54) is 18.2 Å². The number of hydrogen-bond donors (Lipinski definition) is 1. The van der Waals surface area contributed by atoms with Gasteiger partial charge in [0.1, 0.15) is 5.54 Å². The normalized spacial score (nSPS) is 20.6. The van der Waals surface area contributed by atoms with Crippen LogP contribution in [0.2, 0.25) is 0 Å². The zero-order valence-corrected chi connectivity index (χ0v) is 16.4. The van der Waals surface area contributed by atoms with Crippen molar-refractivity contribution < 1.29 is 32.7 Å². The molecule has 0 spiro atoms. The van der Waals surface area contributed by atoms with Crippen molar-refractivity contribution in [2.45, 2.75) is 31.1 Å². The second-order valence-corrected chi connectivity index (χ2v) is 7.86. The van der Waals surface area contributed by atoms with Crippen LogP contribution in [-0.4, -0.2) is 32.1 Å². The first-order chi connectivity index (χ1) is 15.4. The molecule has 2 aromatic carbocycles. The standard InChI is InChI=1S/C22H15F2N3O5/c23-22(24)30-16-7-3-5-14(18(16)31-22)19-25-20(26-32-19)21(11-17(28)29)9-8-13-10-12-4-1-2-6-15(12)27(13)21/h1-7,10H,8-9,11H2,(H,28,29). The van der Waals surface area contributed by atoms with E-state index in [0.717, 1.165) is 16.6 Å². The van der Waals surface area contributed by atoms with Gasteiger partial charge in [-0.05, 0) is 42.5 Å². The number of halogens is 2. The lowest BCUT2D eigenvalue weighted by atomic mass is 9.90. The fraction of sp³-hybridized carbons (Fsp3) is 0.227. The molecule has 2 aliphatic heterocycles. The van der Waals surface area contributed by atoms with Crippen molar-refractivity contribution in [1.29, 1.82) is 0 Å². The lowest BCUT2D eigenvalue weighted by molar-refractivity contribution is -0.286. The minimum atomic E-state index is -3.80. The summed E-state index contributed by atoms with van der Waals surface area (Å²) in [6.45, 7) is 0. The van der Waals surface area contributed by atoms with E-state index in [9.17, 15) is 18.7 Å². The van der Waals surface area contributed by atoms with Gasteiger partial charge in [0.05, 0.1) is 12.0 Å². The maximum Gasteiger partial charge on any atom is 0.586 e. The van der Waals surface area contributed by atoms with Gasteiger partial charge >= 0.3 is 12.3 Å². The Balaban J connectivity index is 1.50. The second kappa shape index (κ2) is 6.28. The number of carbonyl (C=O) groups is 1. The summed E-state index contributed by atoms with van der Waals surface area (Å²) < 4.78 is 43.7. The smallest absolute Gasteiger partial charge is 0.481 e. The number of ether oxygens (including phenoxy) is 2. The molecule has 1 N–H and O–H groups in total. The molecular formula is C22H15F2N3O5. The summed E-state index contributed by atoms with van der Waals surface area (Å²) in [7, 11) is 0. The average Bonchev–Trinajstić information content (AvgIpc) is 3.48. The van der Waals surface area contributed by atoms with Crippen LogP contribution >= 0.6 is 0 Å². The van der Waals surface area contributed by atoms with E-state index < -0.39 is 17.8 Å². The number of nitrogens with zero attached hydrogens (tertiary/aromatic N) is 3. The zero-order chi connectivity index (χ0) is 22.1. The Kier molecular flexibility index (Phi) is 3.69. The Morgan fingerprint density at radius 1 is 1.16 bits per heavy atom. The summed E-state index contributed by atoms with van der Waals surface area (Å²) in [6, 6.07) is 14.0. The molecule has 0 saturated heterocycles. The number of aromatic nitrogens is 3. The van der Waals surface area contributed by atoms with Crippen molar-refractivity contribution in [1.82, 2.24) is 14.7 Å². The molecule has 162 valence electrons. The summed E-state index contributed by atoms with van der Waals surface area (Å²) in [4.78, 5) is 16.3. The number of rotatable bonds is 4.